The first-order valence-electron chi connectivity index (χ1n) is 8.86. The number of para-hydroxylation sites is 1. The van der Waals surface area contributed by atoms with E-state index in [9.17, 15) is 0 Å². The number of nitrogens with zero attached hydrogens (tertiary/aromatic N) is 1. The minimum atomic E-state index is 0. The van der Waals surface area contributed by atoms with Crippen molar-refractivity contribution in [1.82, 2.24) is 15.6 Å². The lowest BCUT2D eigenvalue weighted by Crippen LogP contribution is -2.39. The summed E-state index contributed by atoms with van der Waals surface area (Å²) in [7, 11) is 1.79. The molecule has 0 unspecified atom stereocenters. The molecule has 6 heteroatoms. The molecule has 140 valence electrons. The highest BCUT2D eigenvalue weighted by Crippen LogP contribution is 2.22. The van der Waals surface area contributed by atoms with E-state index in [1.807, 2.05) is 12.1 Å². The summed E-state index contributed by atoms with van der Waals surface area (Å²) in [6.07, 6.45) is 6.66. The van der Waals surface area contributed by atoms with Crippen LogP contribution in [0.5, 0.6) is 0 Å². The molecule has 26 heavy (non-hydrogen) atoms. The largest absolute Gasteiger partial charge is 0.469 e. The second kappa shape index (κ2) is 10.3. The first-order valence-corrected chi connectivity index (χ1v) is 8.86. The van der Waals surface area contributed by atoms with Crippen LogP contribution in [0.15, 0.2) is 52.2 Å². The van der Waals surface area contributed by atoms with Crippen molar-refractivity contribution in [3.05, 3.63) is 59.7 Å². The number of H-pyrrole nitrogens is 1. The second-order valence-corrected chi connectivity index (χ2v) is 6.01. The number of guanidine groups is 1. The number of benzene rings is 1. The molecule has 0 radical (unpaired) electrons. The predicted molar refractivity (Wildman–Crippen MR) is 119 cm³/mol. The Labute approximate surface area is 171 Å². The van der Waals surface area contributed by atoms with Gasteiger partial charge in [-0.2, -0.15) is 0 Å². The molecule has 0 atom stereocenters. The standard InChI is InChI=1S/C20H26N4O.HI/c1-3-15-6-4-8-18-16(14-24-19(15)18)9-11-22-20(21-2)23-12-10-17-7-5-13-25-17;/h4-8,13-14,24H,3,9-12H2,1-2H3,(H2,21,22,23);1H. The lowest BCUT2D eigenvalue weighted by molar-refractivity contribution is 0.507. The van der Waals surface area contributed by atoms with Gasteiger partial charge in [0.25, 0.3) is 0 Å². The molecule has 0 saturated carbocycles. The first-order chi connectivity index (χ1) is 12.3. The lowest BCUT2D eigenvalue weighted by atomic mass is 10.1. The molecular weight excluding hydrogens is 439 g/mol. The first kappa shape index (κ1) is 20.4. The summed E-state index contributed by atoms with van der Waals surface area (Å²) < 4.78 is 5.34. The molecule has 2 aromatic heterocycles. The van der Waals surface area contributed by atoms with Crippen LogP contribution < -0.4 is 10.6 Å². The van der Waals surface area contributed by atoms with E-state index < -0.39 is 0 Å². The van der Waals surface area contributed by atoms with E-state index in [2.05, 4.69) is 51.9 Å². The third-order valence-electron chi connectivity index (χ3n) is 4.42. The van der Waals surface area contributed by atoms with E-state index >= 15 is 0 Å². The van der Waals surface area contributed by atoms with Crippen molar-refractivity contribution >= 4 is 40.8 Å². The van der Waals surface area contributed by atoms with Crippen LogP contribution in [0.1, 0.15) is 23.8 Å². The van der Waals surface area contributed by atoms with Crippen molar-refractivity contribution in [3.63, 3.8) is 0 Å². The van der Waals surface area contributed by atoms with Gasteiger partial charge in [0.15, 0.2) is 5.96 Å². The van der Waals surface area contributed by atoms with Gasteiger partial charge in [-0.3, -0.25) is 4.99 Å². The molecule has 3 aromatic rings. The summed E-state index contributed by atoms with van der Waals surface area (Å²) in [6.45, 7) is 3.82. The zero-order valence-electron chi connectivity index (χ0n) is 15.3. The molecule has 0 amide bonds. The Bertz CT molecular complexity index is 824. The Morgan fingerprint density at radius 2 is 1.88 bits per heavy atom. The minimum absolute atomic E-state index is 0. The smallest absolute Gasteiger partial charge is 0.191 e. The summed E-state index contributed by atoms with van der Waals surface area (Å²) in [5.74, 6) is 1.80. The molecule has 2 heterocycles. The quantitative estimate of drug-likeness (QED) is 0.281. The molecule has 0 bridgehead atoms. The van der Waals surface area contributed by atoms with E-state index in [0.717, 1.165) is 44.1 Å². The lowest BCUT2D eigenvalue weighted by Gasteiger charge is -2.11. The van der Waals surface area contributed by atoms with Crippen LogP contribution in [0.3, 0.4) is 0 Å². The van der Waals surface area contributed by atoms with Crippen LogP contribution in [0.4, 0.5) is 0 Å². The highest BCUT2D eigenvalue weighted by atomic mass is 127. The molecule has 3 N–H and O–H groups in total. The van der Waals surface area contributed by atoms with Gasteiger partial charge in [0.2, 0.25) is 0 Å². The van der Waals surface area contributed by atoms with Gasteiger partial charge < -0.3 is 20.0 Å². The SMILES string of the molecule is CCc1cccc2c(CCNC(=NC)NCCc3ccco3)c[nH]c12.I. The average Bonchev–Trinajstić information content (AvgIpc) is 3.30. The summed E-state index contributed by atoms with van der Waals surface area (Å²) in [5.41, 5.74) is 3.97. The number of aromatic nitrogens is 1. The maximum absolute atomic E-state index is 5.34. The van der Waals surface area contributed by atoms with Gasteiger partial charge in [0.05, 0.1) is 6.26 Å². The predicted octanol–water partition coefficient (Wildman–Crippen LogP) is 3.89. The van der Waals surface area contributed by atoms with Crippen LogP contribution in [0.25, 0.3) is 10.9 Å². The number of fused-ring (bicyclic) bond motifs is 1. The zero-order valence-corrected chi connectivity index (χ0v) is 17.7. The van der Waals surface area contributed by atoms with Crippen LogP contribution in [0.2, 0.25) is 0 Å². The number of aryl methyl sites for hydroxylation is 1. The maximum Gasteiger partial charge on any atom is 0.191 e. The molecule has 0 spiro atoms. The van der Waals surface area contributed by atoms with Gasteiger partial charge in [-0.05, 0) is 36.1 Å². The molecule has 0 fully saturated rings. The number of aromatic amines is 1. The van der Waals surface area contributed by atoms with E-state index in [-0.39, 0.29) is 24.0 Å². The van der Waals surface area contributed by atoms with Gasteiger partial charge in [-0.1, -0.05) is 25.1 Å². The van der Waals surface area contributed by atoms with E-state index in [4.69, 9.17) is 4.42 Å². The van der Waals surface area contributed by atoms with Crippen molar-refractivity contribution in [2.24, 2.45) is 4.99 Å². The summed E-state index contributed by atoms with van der Waals surface area (Å²) in [4.78, 5) is 7.70. The number of aliphatic imine (C=N–C) groups is 1. The van der Waals surface area contributed by atoms with Crippen LogP contribution in [-0.2, 0) is 19.3 Å². The second-order valence-electron chi connectivity index (χ2n) is 6.01. The Balaban J connectivity index is 0.00000243. The van der Waals surface area contributed by atoms with Crippen molar-refractivity contribution in [2.75, 3.05) is 20.1 Å². The van der Waals surface area contributed by atoms with Gasteiger partial charge in [-0.25, -0.2) is 0 Å². The molecular formula is C20H27IN4O. The van der Waals surface area contributed by atoms with Crippen molar-refractivity contribution in [1.29, 1.82) is 0 Å². The monoisotopic (exact) mass is 466 g/mol. The van der Waals surface area contributed by atoms with Crippen LogP contribution in [-0.4, -0.2) is 31.1 Å². The Hall–Kier alpha value is -1.96. The summed E-state index contributed by atoms with van der Waals surface area (Å²) in [5, 5.41) is 8.01. The number of hydrogen-bond donors (Lipinski definition) is 3. The number of nitrogens with one attached hydrogen (secondary N) is 3. The molecule has 1 aromatic carbocycles. The molecule has 5 nitrogen and oxygen atoms in total. The molecule has 0 aliphatic heterocycles. The van der Waals surface area contributed by atoms with Gasteiger partial charge in [0.1, 0.15) is 5.76 Å². The molecule has 3 rings (SSSR count). The van der Waals surface area contributed by atoms with Crippen LogP contribution in [0, 0.1) is 0 Å². The number of hydrogen-bond acceptors (Lipinski definition) is 2. The molecule has 0 aliphatic rings. The zero-order chi connectivity index (χ0) is 17.5. The fraction of sp³-hybridized carbons (Fsp3) is 0.350. The molecule has 0 saturated heterocycles. The highest BCUT2D eigenvalue weighted by Gasteiger charge is 2.07. The van der Waals surface area contributed by atoms with Crippen molar-refractivity contribution in [2.45, 2.75) is 26.2 Å². The van der Waals surface area contributed by atoms with E-state index in [0.29, 0.717) is 0 Å². The Kier molecular flexibility index (Phi) is 8.03. The van der Waals surface area contributed by atoms with Crippen molar-refractivity contribution in [3.8, 4) is 0 Å². The fourth-order valence-corrected chi connectivity index (χ4v) is 3.07. The third kappa shape index (κ3) is 5.03. The van der Waals surface area contributed by atoms with Gasteiger partial charge in [0, 0.05) is 43.7 Å². The Morgan fingerprint density at radius 3 is 2.58 bits per heavy atom. The number of halogens is 1. The highest BCUT2D eigenvalue weighted by molar-refractivity contribution is 14.0. The fourth-order valence-electron chi connectivity index (χ4n) is 3.07. The minimum Gasteiger partial charge on any atom is -0.469 e. The van der Waals surface area contributed by atoms with Crippen molar-refractivity contribution < 1.29 is 4.42 Å². The summed E-state index contributed by atoms with van der Waals surface area (Å²) in [6, 6.07) is 10.4. The normalized spacial score (nSPS) is 11.4. The van der Waals surface area contributed by atoms with Gasteiger partial charge in [-0.15, -0.1) is 24.0 Å². The molecule has 0 aliphatic carbocycles. The van der Waals surface area contributed by atoms with E-state index in [1.165, 1.54) is 22.0 Å². The Morgan fingerprint density at radius 1 is 1.08 bits per heavy atom. The maximum atomic E-state index is 5.34. The topological polar surface area (TPSA) is 65.3 Å². The number of furan rings is 1. The summed E-state index contributed by atoms with van der Waals surface area (Å²) >= 11 is 0. The average molecular weight is 466 g/mol. The third-order valence-corrected chi connectivity index (χ3v) is 4.42. The van der Waals surface area contributed by atoms with E-state index in [1.54, 1.807) is 13.3 Å². The number of rotatable bonds is 7. The van der Waals surface area contributed by atoms with Gasteiger partial charge >= 0.3 is 0 Å². The van der Waals surface area contributed by atoms with Crippen LogP contribution >= 0.6 is 24.0 Å².